The third-order valence-electron chi connectivity index (χ3n) is 0.502. The van der Waals surface area contributed by atoms with Gasteiger partial charge in [0, 0.05) is 7.11 Å². The highest BCUT2D eigenvalue weighted by atomic mass is 16.5. The van der Waals surface area contributed by atoms with E-state index in [1.807, 2.05) is 0 Å². The average molecular weight is 101 g/mol. The Labute approximate surface area is 43.7 Å². The van der Waals surface area contributed by atoms with Crippen LogP contribution in [0.25, 0.3) is 0 Å². The van der Waals surface area contributed by atoms with Crippen LogP contribution in [0, 0.1) is 6.58 Å². The molecule has 0 bridgehead atoms. The minimum absolute atomic E-state index is 0.535. The maximum absolute atomic E-state index is 4.87. The van der Waals surface area contributed by atoms with Crippen LogP contribution < -0.4 is 0 Å². The van der Waals surface area contributed by atoms with Crippen molar-refractivity contribution in [2.24, 2.45) is 0 Å². The monoisotopic (exact) mass is 101 g/mol. The second-order valence-electron chi connectivity index (χ2n) is 1.000. The van der Waals surface area contributed by atoms with Crippen molar-refractivity contribution < 1.29 is 9.47 Å². The number of methoxy groups -OCH3 is 1. The van der Waals surface area contributed by atoms with Crippen LogP contribution in [0.2, 0.25) is 0 Å². The zero-order valence-corrected chi connectivity index (χ0v) is 4.39. The van der Waals surface area contributed by atoms with Crippen LogP contribution in [0.1, 0.15) is 0 Å². The molecular weight excluding hydrogens is 92.1 g/mol. The van der Waals surface area contributed by atoms with E-state index in [0.29, 0.717) is 13.2 Å². The highest BCUT2D eigenvalue weighted by Gasteiger charge is 1.75. The van der Waals surface area contributed by atoms with Crippen molar-refractivity contribution in [2.45, 2.75) is 0 Å². The zero-order valence-electron chi connectivity index (χ0n) is 4.39. The maximum Gasteiger partial charge on any atom is 0.111 e. The first kappa shape index (κ1) is 6.50. The van der Waals surface area contributed by atoms with Gasteiger partial charge >= 0.3 is 0 Å². The van der Waals surface area contributed by atoms with Gasteiger partial charge in [0.05, 0.1) is 12.9 Å². The normalized spacial score (nSPS) is 8.14. The molecule has 0 amide bonds. The molecule has 0 spiro atoms. The van der Waals surface area contributed by atoms with E-state index in [0.717, 1.165) is 6.26 Å². The Morgan fingerprint density at radius 3 is 2.71 bits per heavy atom. The molecule has 0 aliphatic rings. The molecule has 0 fully saturated rings. The SMILES string of the molecule is [CH]=COCCOC. The second kappa shape index (κ2) is 5.50. The Kier molecular flexibility index (Phi) is 5.11. The van der Waals surface area contributed by atoms with Gasteiger partial charge in [-0.25, -0.2) is 0 Å². The lowest BCUT2D eigenvalue weighted by Gasteiger charge is -1.95. The van der Waals surface area contributed by atoms with Crippen LogP contribution in [0.5, 0.6) is 0 Å². The van der Waals surface area contributed by atoms with Gasteiger partial charge in [0.15, 0.2) is 0 Å². The van der Waals surface area contributed by atoms with Crippen molar-refractivity contribution in [3.8, 4) is 0 Å². The molecule has 0 aromatic rings. The quantitative estimate of drug-likeness (QED) is 0.381. The van der Waals surface area contributed by atoms with Crippen LogP contribution in [-0.2, 0) is 9.47 Å². The number of hydrogen-bond acceptors (Lipinski definition) is 2. The summed E-state index contributed by atoms with van der Waals surface area (Å²) in [5.74, 6) is 0. The smallest absolute Gasteiger partial charge is 0.111 e. The topological polar surface area (TPSA) is 18.5 Å². The third kappa shape index (κ3) is 5.50. The lowest BCUT2D eigenvalue weighted by Crippen LogP contribution is -1.95. The molecule has 0 aromatic carbocycles. The van der Waals surface area contributed by atoms with Crippen LogP contribution in [0.3, 0.4) is 0 Å². The lowest BCUT2D eigenvalue weighted by molar-refractivity contribution is 0.123. The molecule has 0 atom stereocenters. The van der Waals surface area contributed by atoms with Crippen LogP contribution >= 0.6 is 0 Å². The van der Waals surface area contributed by atoms with Crippen molar-refractivity contribution in [2.75, 3.05) is 20.3 Å². The summed E-state index contributed by atoms with van der Waals surface area (Å²) in [5.41, 5.74) is 0. The lowest BCUT2D eigenvalue weighted by atomic mass is 10.8. The highest BCUT2D eigenvalue weighted by molar-refractivity contribution is 4.41. The minimum atomic E-state index is 0.535. The third-order valence-corrected chi connectivity index (χ3v) is 0.502. The molecule has 0 aliphatic carbocycles. The summed E-state index contributed by atoms with van der Waals surface area (Å²) in [6.07, 6.45) is 1.15. The summed E-state index contributed by atoms with van der Waals surface area (Å²) in [7, 11) is 1.61. The van der Waals surface area contributed by atoms with Crippen molar-refractivity contribution >= 4 is 0 Å². The predicted molar refractivity (Wildman–Crippen MR) is 26.7 cm³/mol. The molecule has 0 saturated heterocycles. The van der Waals surface area contributed by atoms with E-state index < -0.39 is 0 Å². The molecule has 0 saturated carbocycles. The van der Waals surface area contributed by atoms with Gasteiger partial charge in [0.25, 0.3) is 0 Å². The van der Waals surface area contributed by atoms with E-state index in [4.69, 9.17) is 6.58 Å². The van der Waals surface area contributed by atoms with Gasteiger partial charge in [-0.1, -0.05) is 0 Å². The average Bonchev–Trinajstić information content (AvgIpc) is 1.69. The van der Waals surface area contributed by atoms with Gasteiger partial charge in [-0.2, -0.15) is 0 Å². The van der Waals surface area contributed by atoms with Gasteiger partial charge in [0.2, 0.25) is 0 Å². The molecule has 41 valence electrons. The van der Waals surface area contributed by atoms with Gasteiger partial charge in [-0.05, 0) is 6.58 Å². The van der Waals surface area contributed by atoms with E-state index in [9.17, 15) is 0 Å². The Morgan fingerprint density at radius 2 is 2.29 bits per heavy atom. The maximum atomic E-state index is 4.87. The molecule has 2 nitrogen and oxygen atoms in total. The van der Waals surface area contributed by atoms with Crippen LogP contribution in [0.4, 0.5) is 0 Å². The van der Waals surface area contributed by atoms with Crippen LogP contribution in [-0.4, -0.2) is 20.3 Å². The standard InChI is InChI=1S/C5H9O2/c1-3-7-5-4-6-2/h1,3H,4-5H2,2H3. The summed E-state index contributed by atoms with van der Waals surface area (Å²) in [4.78, 5) is 0. The Balaban J connectivity index is 2.56. The Morgan fingerprint density at radius 1 is 1.57 bits per heavy atom. The Hall–Kier alpha value is -0.500. The fraction of sp³-hybridized carbons (Fsp3) is 0.600. The van der Waals surface area contributed by atoms with Crippen molar-refractivity contribution in [1.29, 1.82) is 0 Å². The molecule has 0 heterocycles. The summed E-state index contributed by atoms with van der Waals surface area (Å²) < 4.78 is 9.25. The number of ether oxygens (including phenoxy) is 2. The highest BCUT2D eigenvalue weighted by Crippen LogP contribution is 1.71. The van der Waals surface area contributed by atoms with E-state index in [1.165, 1.54) is 0 Å². The first-order chi connectivity index (χ1) is 3.41. The number of rotatable bonds is 4. The van der Waals surface area contributed by atoms with E-state index >= 15 is 0 Å². The summed E-state index contributed by atoms with van der Waals surface area (Å²) in [5, 5.41) is 0. The van der Waals surface area contributed by atoms with Crippen molar-refractivity contribution in [3.05, 3.63) is 12.8 Å². The molecular formula is C5H9O2. The van der Waals surface area contributed by atoms with Gasteiger partial charge in [-0.15, -0.1) is 0 Å². The molecule has 0 rings (SSSR count). The number of hydrogen-bond donors (Lipinski definition) is 0. The molecule has 0 N–H and O–H groups in total. The minimum Gasteiger partial charge on any atom is -0.499 e. The fourth-order valence-corrected chi connectivity index (χ4v) is 0.199. The van der Waals surface area contributed by atoms with Gasteiger partial charge in [0.1, 0.15) is 6.61 Å². The van der Waals surface area contributed by atoms with E-state index in [1.54, 1.807) is 7.11 Å². The van der Waals surface area contributed by atoms with Gasteiger partial charge in [-0.3, -0.25) is 0 Å². The molecule has 0 unspecified atom stereocenters. The first-order valence-electron chi connectivity index (χ1n) is 2.05. The molecule has 0 aliphatic heterocycles. The fourth-order valence-electron chi connectivity index (χ4n) is 0.199. The molecule has 1 radical (unpaired) electrons. The summed E-state index contributed by atoms with van der Waals surface area (Å²) in [6.45, 7) is 5.99. The Bertz CT molecular complexity index is 43.3. The van der Waals surface area contributed by atoms with E-state index in [2.05, 4.69) is 9.47 Å². The van der Waals surface area contributed by atoms with E-state index in [-0.39, 0.29) is 0 Å². The van der Waals surface area contributed by atoms with Gasteiger partial charge < -0.3 is 9.47 Å². The van der Waals surface area contributed by atoms with Crippen molar-refractivity contribution in [3.63, 3.8) is 0 Å². The molecule has 7 heavy (non-hydrogen) atoms. The molecule has 2 heteroatoms. The first-order valence-corrected chi connectivity index (χ1v) is 2.05. The zero-order chi connectivity index (χ0) is 5.54. The summed E-state index contributed by atoms with van der Waals surface area (Å²) in [6, 6.07) is 0. The van der Waals surface area contributed by atoms with Crippen molar-refractivity contribution in [1.82, 2.24) is 0 Å². The largest absolute Gasteiger partial charge is 0.499 e. The summed E-state index contributed by atoms with van der Waals surface area (Å²) >= 11 is 0. The van der Waals surface area contributed by atoms with Crippen LogP contribution in [0.15, 0.2) is 6.26 Å². The molecule has 0 aromatic heterocycles. The predicted octanol–water partition coefficient (Wildman–Crippen LogP) is 0.596. The second-order valence-corrected chi connectivity index (χ2v) is 1.000.